The van der Waals surface area contributed by atoms with Gasteiger partial charge in [-0.15, -0.1) is 0 Å². The number of benzene rings is 2. The predicted molar refractivity (Wildman–Crippen MR) is 82.7 cm³/mol. The number of ether oxygens (including phenoxy) is 3. The molecule has 1 aliphatic heterocycles. The molecule has 0 saturated heterocycles. The lowest BCUT2D eigenvalue weighted by molar-refractivity contribution is -0.138. The van der Waals surface area contributed by atoms with E-state index in [0.717, 1.165) is 16.9 Å². The number of hydrogen-bond acceptors (Lipinski definition) is 5. The maximum absolute atomic E-state index is 10.9. The van der Waals surface area contributed by atoms with Gasteiger partial charge in [0.15, 0.2) is 11.5 Å². The first-order valence-electron chi connectivity index (χ1n) is 7.21. The van der Waals surface area contributed by atoms with Gasteiger partial charge in [-0.3, -0.25) is 4.79 Å². The van der Waals surface area contributed by atoms with E-state index in [1.807, 2.05) is 36.4 Å². The van der Waals surface area contributed by atoms with E-state index in [4.69, 9.17) is 25.1 Å². The third-order valence-corrected chi connectivity index (χ3v) is 3.56. The molecule has 0 bridgehead atoms. The second-order valence-electron chi connectivity index (χ2n) is 5.23. The van der Waals surface area contributed by atoms with Crippen molar-refractivity contribution in [3.63, 3.8) is 0 Å². The summed E-state index contributed by atoms with van der Waals surface area (Å²) in [5.74, 6) is 1.02. The fraction of sp³-hybridized carbons (Fsp3) is 0.235. The van der Waals surface area contributed by atoms with E-state index in [9.17, 15) is 4.79 Å². The van der Waals surface area contributed by atoms with E-state index in [-0.39, 0.29) is 13.2 Å². The molecule has 0 amide bonds. The second-order valence-corrected chi connectivity index (χ2v) is 5.23. The van der Waals surface area contributed by atoms with Crippen LogP contribution in [0.15, 0.2) is 42.5 Å². The zero-order chi connectivity index (χ0) is 16.2. The maximum atomic E-state index is 10.9. The highest BCUT2D eigenvalue weighted by Gasteiger charge is 2.16. The summed E-state index contributed by atoms with van der Waals surface area (Å²) in [6.45, 7) is 0.575. The number of carboxylic acid groups (broad SMARTS) is 1. The molecule has 120 valence electrons. The predicted octanol–water partition coefficient (Wildman–Crippen LogP) is 1.95. The Hall–Kier alpha value is -2.73. The minimum atomic E-state index is -1.03. The van der Waals surface area contributed by atoms with Crippen LogP contribution in [0.4, 0.5) is 0 Å². The fourth-order valence-corrected chi connectivity index (χ4v) is 2.33. The van der Waals surface area contributed by atoms with Gasteiger partial charge in [-0.05, 0) is 29.3 Å². The van der Waals surface area contributed by atoms with E-state index < -0.39 is 12.0 Å². The van der Waals surface area contributed by atoms with Gasteiger partial charge in [-0.25, -0.2) is 0 Å². The SMILES string of the molecule is NC(Cc1ccccc1OCc1ccc2c(c1)OCO2)C(=O)O. The van der Waals surface area contributed by atoms with Crippen molar-refractivity contribution >= 4 is 5.97 Å². The Balaban J connectivity index is 1.69. The normalized spacial score (nSPS) is 13.6. The van der Waals surface area contributed by atoms with Gasteiger partial charge in [-0.2, -0.15) is 0 Å². The molecule has 0 aromatic heterocycles. The molecule has 23 heavy (non-hydrogen) atoms. The van der Waals surface area contributed by atoms with Gasteiger partial charge in [0.25, 0.3) is 0 Å². The molecule has 1 unspecified atom stereocenters. The molecule has 2 aromatic rings. The lowest BCUT2D eigenvalue weighted by Gasteiger charge is -2.13. The minimum absolute atomic E-state index is 0.215. The number of nitrogens with two attached hydrogens (primary N) is 1. The zero-order valence-electron chi connectivity index (χ0n) is 12.4. The van der Waals surface area contributed by atoms with Crippen molar-refractivity contribution in [3.05, 3.63) is 53.6 Å². The molecule has 1 aliphatic rings. The fourth-order valence-electron chi connectivity index (χ4n) is 2.33. The minimum Gasteiger partial charge on any atom is -0.489 e. The number of carbonyl (C=O) groups is 1. The summed E-state index contributed by atoms with van der Waals surface area (Å²) in [6.07, 6.45) is 0.215. The van der Waals surface area contributed by atoms with Crippen LogP contribution in [0.5, 0.6) is 17.2 Å². The number of rotatable bonds is 6. The molecule has 0 aliphatic carbocycles. The Labute approximate surface area is 133 Å². The molecule has 0 radical (unpaired) electrons. The Morgan fingerprint density at radius 3 is 2.83 bits per heavy atom. The third-order valence-electron chi connectivity index (χ3n) is 3.56. The monoisotopic (exact) mass is 315 g/mol. The van der Waals surface area contributed by atoms with E-state index in [0.29, 0.717) is 18.1 Å². The Kier molecular flexibility index (Phi) is 4.34. The van der Waals surface area contributed by atoms with Crippen LogP contribution in [-0.2, 0) is 17.8 Å². The Morgan fingerprint density at radius 1 is 1.22 bits per heavy atom. The number of aliphatic carboxylic acids is 1. The van der Waals surface area contributed by atoms with Crippen molar-refractivity contribution in [2.75, 3.05) is 6.79 Å². The van der Waals surface area contributed by atoms with Gasteiger partial charge in [0.1, 0.15) is 18.4 Å². The first-order valence-corrected chi connectivity index (χ1v) is 7.21. The van der Waals surface area contributed by atoms with Gasteiger partial charge in [-0.1, -0.05) is 24.3 Å². The molecule has 6 heteroatoms. The zero-order valence-corrected chi connectivity index (χ0v) is 12.4. The second kappa shape index (κ2) is 6.58. The molecule has 0 saturated carbocycles. The van der Waals surface area contributed by atoms with E-state index >= 15 is 0 Å². The first-order chi connectivity index (χ1) is 11.1. The molecular weight excluding hydrogens is 298 g/mol. The molecule has 0 spiro atoms. The highest BCUT2D eigenvalue weighted by atomic mass is 16.7. The van der Waals surface area contributed by atoms with E-state index in [1.54, 1.807) is 6.07 Å². The smallest absolute Gasteiger partial charge is 0.320 e. The van der Waals surface area contributed by atoms with Gasteiger partial charge in [0.05, 0.1) is 0 Å². The number of hydrogen-bond donors (Lipinski definition) is 2. The van der Waals surface area contributed by atoms with Crippen LogP contribution < -0.4 is 19.9 Å². The molecule has 6 nitrogen and oxygen atoms in total. The van der Waals surface area contributed by atoms with Gasteiger partial charge in [0.2, 0.25) is 6.79 Å². The average molecular weight is 315 g/mol. The van der Waals surface area contributed by atoms with Crippen molar-refractivity contribution in [2.45, 2.75) is 19.1 Å². The lowest BCUT2D eigenvalue weighted by Crippen LogP contribution is -2.32. The average Bonchev–Trinajstić information content (AvgIpc) is 3.01. The summed E-state index contributed by atoms with van der Waals surface area (Å²) < 4.78 is 16.4. The Morgan fingerprint density at radius 2 is 2.00 bits per heavy atom. The summed E-state index contributed by atoms with van der Waals surface area (Å²) in [6, 6.07) is 11.9. The molecule has 2 aromatic carbocycles. The van der Waals surface area contributed by atoms with E-state index in [1.165, 1.54) is 0 Å². The summed E-state index contributed by atoms with van der Waals surface area (Å²) in [5.41, 5.74) is 7.30. The number of fused-ring (bicyclic) bond motifs is 1. The highest BCUT2D eigenvalue weighted by molar-refractivity contribution is 5.73. The Bertz CT molecular complexity index is 716. The lowest BCUT2D eigenvalue weighted by atomic mass is 10.1. The summed E-state index contributed by atoms with van der Waals surface area (Å²) in [4.78, 5) is 10.9. The topological polar surface area (TPSA) is 91.0 Å². The van der Waals surface area contributed by atoms with Crippen LogP contribution in [0, 0.1) is 0 Å². The largest absolute Gasteiger partial charge is 0.489 e. The molecule has 1 atom stereocenters. The number of para-hydroxylation sites is 1. The van der Waals surface area contributed by atoms with Gasteiger partial charge < -0.3 is 25.1 Å². The van der Waals surface area contributed by atoms with Crippen LogP contribution in [-0.4, -0.2) is 23.9 Å². The van der Waals surface area contributed by atoms with Gasteiger partial charge in [0, 0.05) is 6.42 Å². The van der Waals surface area contributed by atoms with Crippen molar-refractivity contribution in [3.8, 4) is 17.2 Å². The number of carboxylic acids is 1. The van der Waals surface area contributed by atoms with E-state index in [2.05, 4.69) is 0 Å². The van der Waals surface area contributed by atoms with Crippen LogP contribution in [0.1, 0.15) is 11.1 Å². The highest BCUT2D eigenvalue weighted by Crippen LogP contribution is 2.33. The quantitative estimate of drug-likeness (QED) is 0.846. The third kappa shape index (κ3) is 3.54. The van der Waals surface area contributed by atoms with Crippen molar-refractivity contribution < 1.29 is 24.1 Å². The van der Waals surface area contributed by atoms with Crippen molar-refractivity contribution in [1.29, 1.82) is 0 Å². The molecule has 3 N–H and O–H groups in total. The summed E-state index contributed by atoms with van der Waals surface area (Å²) in [7, 11) is 0. The van der Waals surface area contributed by atoms with Crippen LogP contribution in [0.3, 0.4) is 0 Å². The molecule has 0 fully saturated rings. The summed E-state index contributed by atoms with van der Waals surface area (Å²) >= 11 is 0. The van der Waals surface area contributed by atoms with Crippen LogP contribution in [0.2, 0.25) is 0 Å². The standard InChI is InChI=1S/C17H17NO5/c18-13(17(19)20)8-12-3-1-2-4-14(12)21-9-11-5-6-15-16(7-11)23-10-22-15/h1-7,13H,8-10,18H2,(H,19,20). The molecule has 1 heterocycles. The van der Waals surface area contributed by atoms with Crippen LogP contribution >= 0.6 is 0 Å². The van der Waals surface area contributed by atoms with Crippen LogP contribution in [0.25, 0.3) is 0 Å². The summed E-state index contributed by atoms with van der Waals surface area (Å²) in [5, 5.41) is 8.94. The first kappa shape index (κ1) is 15.2. The van der Waals surface area contributed by atoms with Crippen molar-refractivity contribution in [2.24, 2.45) is 5.73 Å². The van der Waals surface area contributed by atoms with Crippen molar-refractivity contribution in [1.82, 2.24) is 0 Å². The molecular formula is C17H17NO5. The molecule has 3 rings (SSSR count). The maximum Gasteiger partial charge on any atom is 0.320 e. The van der Waals surface area contributed by atoms with Gasteiger partial charge >= 0.3 is 5.97 Å².